The molecule has 8 heteroatoms. The summed E-state index contributed by atoms with van der Waals surface area (Å²) >= 11 is 6.66. The molecule has 2 aliphatic rings. The highest BCUT2D eigenvalue weighted by molar-refractivity contribution is 9.10. The second-order valence-electron chi connectivity index (χ2n) is 8.34. The molecule has 2 amide bonds. The number of carbonyl (C=O) groups is 3. The predicted octanol–water partition coefficient (Wildman–Crippen LogP) is 4.66. The zero-order valence-corrected chi connectivity index (χ0v) is 20.2. The molecule has 2 aliphatic heterocycles. The number of hydrogen-bond donors (Lipinski definition) is 3. The van der Waals surface area contributed by atoms with E-state index in [0.29, 0.717) is 5.56 Å². The molecular weight excluding hydrogens is 516 g/mol. The van der Waals surface area contributed by atoms with Crippen molar-refractivity contribution in [3.63, 3.8) is 0 Å². The Morgan fingerprint density at radius 2 is 1.33 bits per heavy atom. The van der Waals surface area contributed by atoms with Crippen LogP contribution in [0.2, 0.25) is 0 Å². The first-order valence-electron chi connectivity index (χ1n) is 9.29. The Hall–Kier alpha value is -2.03. The van der Waals surface area contributed by atoms with Gasteiger partial charge in [0.1, 0.15) is 6.29 Å². The van der Waals surface area contributed by atoms with Crippen molar-refractivity contribution >= 4 is 61.3 Å². The van der Waals surface area contributed by atoms with Crippen molar-refractivity contribution in [2.75, 3.05) is 10.6 Å². The van der Waals surface area contributed by atoms with Gasteiger partial charge in [0, 0.05) is 31.4 Å². The van der Waals surface area contributed by atoms with Crippen LogP contribution in [-0.2, 0) is 27.0 Å². The van der Waals surface area contributed by atoms with Gasteiger partial charge in [0.2, 0.25) is 11.8 Å². The minimum atomic E-state index is -0.633. The second-order valence-corrected chi connectivity index (χ2v) is 10.2. The average molecular weight is 538 g/mol. The number of nitrogens with one attached hydrogen (secondary N) is 2. The van der Waals surface area contributed by atoms with Gasteiger partial charge in [-0.05, 0) is 63.1 Å². The molecule has 0 unspecified atom stereocenters. The van der Waals surface area contributed by atoms with Crippen LogP contribution in [0.1, 0.15) is 54.7 Å². The third-order valence-corrected chi connectivity index (χ3v) is 6.41. The third-order valence-electron chi connectivity index (χ3n) is 5.50. The summed E-state index contributed by atoms with van der Waals surface area (Å²) in [6.45, 7) is 7.30. The highest BCUT2D eigenvalue weighted by Crippen LogP contribution is 2.42. The molecule has 158 valence electrons. The number of aliphatic hydroxyl groups excluding tert-OH is 1. The maximum Gasteiger partial charge on any atom is 0.234 e. The van der Waals surface area contributed by atoms with Crippen LogP contribution in [-0.4, -0.2) is 23.2 Å². The van der Waals surface area contributed by atoms with Crippen LogP contribution >= 0.6 is 31.9 Å². The molecule has 30 heavy (non-hydrogen) atoms. The van der Waals surface area contributed by atoms with E-state index in [1.165, 1.54) is 0 Å². The number of halogens is 2. The van der Waals surface area contributed by atoms with Crippen molar-refractivity contribution in [2.45, 2.75) is 45.1 Å². The number of amides is 2. The Labute approximate surface area is 191 Å². The number of benzene rings is 2. The van der Waals surface area contributed by atoms with Gasteiger partial charge in [-0.25, -0.2) is 0 Å². The van der Waals surface area contributed by atoms with E-state index in [-0.39, 0.29) is 18.4 Å². The Morgan fingerprint density at radius 1 is 0.867 bits per heavy atom. The summed E-state index contributed by atoms with van der Waals surface area (Å²) in [6.07, 6.45) is 0.783. The van der Waals surface area contributed by atoms with Gasteiger partial charge in [-0.3, -0.25) is 14.4 Å². The maximum absolute atomic E-state index is 11.7. The predicted molar refractivity (Wildman–Crippen MR) is 123 cm³/mol. The van der Waals surface area contributed by atoms with Gasteiger partial charge in [0.15, 0.2) is 0 Å². The first-order chi connectivity index (χ1) is 13.9. The zero-order chi connectivity index (χ0) is 22.4. The molecule has 2 aromatic rings. The third kappa shape index (κ3) is 3.72. The molecule has 2 heterocycles. The largest absolute Gasteiger partial charge is 0.392 e. The zero-order valence-electron chi connectivity index (χ0n) is 17.0. The molecule has 2 aromatic carbocycles. The maximum atomic E-state index is 11.7. The molecule has 6 nitrogen and oxygen atoms in total. The average Bonchev–Trinajstić information content (AvgIpc) is 3.02. The van der Waals surface area contributed by atoms with E-state index in [1.807, 2.05) is 45.9 Å². The summed E-state index contributed by atoms with van der Waals surface area (Å²) in [5, 5.41) is 14.9. The van der Waals surface area contributed by atoms with Crippen LogP contribution in [0.3, 0.4) is 0 Å². The first-order valence-corrected chi connectivity index (χ1v) is 10.9. The fourth-order valence-electron chi connectivity index (χ4n) is 3.93. The van der Waals surface area contributed by atoms with Crippen molar-refractivity contribution in [1.82, 2.24) is 0 Å². The van der Waals surface area contributed by atoms with E-state index < -0.39 is 10.8 Å². The lowest BCUT2D eigenvalue weighted by Gasteiger charge is -2.18. The molecule has 0 fully saturated rings. The minimum absolute atomic E-state index is 0.0229. The molecule has 4 rings (SSSR count). The van der Waals surface area contributed by atoms with Crippen molar-refractivity contribution in [3.05, 3.63) is 55.5 Å². The van der Waals surface area contributed by atoms with Gasteiger partial charge >= 0.3 is 0 Å². The number of rotatable bonds is 2. The van der Waals surface area contributed by atoms with E-state index in [9.17, 15) is 19.5 Å². The molecule has 0 atom stereocenters. The normalized spacial score (nSPS) is 17.3. The van der Waals surface area contributed by atoms with Crippen LogP contribution in [0.25, 0.3) is 0 Å². The smallest absolute Gasteiger partial charge is 0.234 e. The van der Waals surface area contributed by atoms with Gasteiger partial charge in [-0.1, -0.05) is 31.9 Å². The van der Waals surface area contributed by atoms with Gasteiger partial charge in [-0.15, -0.1) is 0 Å². The van der Waals surface area contributed by atoms with E-state index in [4.69, 9.17) is 0 Å². The molecule has 0 radical (unpaired) electrons. The van der Waals surface area contributed by atoms with E-state index in [2.05, 4.69) is 42.5 Å². The fourth-order valence-corrected chi connectivity index (χ4v) is 4.91. The number of hydrogen-bond acceptors (Lipinski definition) is 4. The van der Waals surface area contributed by atoms with Crippen molar-refractivity contribution in [3.8, 4) is 0 Å². The molecule has 0 aliphatic carbocycles. The van der Waals surface area contributed by atoms with Crippen molar-refractivity contribution < 1.29 is 19.5 Å². The van der Waals surface area contributed by atoms with Crippen LogP contribution < -0.4 is 10.6 Å². The quantitative estimate of drug-likeness (QED) is 0.485. The summed E-state index contributed by atoms with van der Waals surface area (Å²) in [5.74, 6) is -0.0935. The molecule has 0 bridgehead atoms. The number of fused-ring (bicyclic) bond motifs is 2. The van der Waals surface area contributed by atoms with Crippen molar-refractivity contribution in [1.29, 1.82) is 0 Å². The van der Waals surface area contributed by atoms with Gasteiger partial charge in [0.05, 0.1) is 17.4 Å². The van der Waals surface area contributed by atoms with Crippen LogP contribution in [0.5, 0.6) is 0 Å². The monoisotopic (exact) mass is 536 g/mol. The van der Waals surface area contributed by atoms with Crippen LogP contribution in [0.15, 0.2) is 33.2 Å². The molecule has 3 N–H and O–H groups in total. The molecule has 0 saturated carbocycles. The fraction of sp³-hybridized carbons (Fsp3) is 0.318. The Morgan fingerprint density at radius 3 is 1.83 bits per heavy atom. The summed E-state index contributed by atoms with van der Waals surface area (Å²) in [5.41, 5.74) is 3.36. The highest BCUT2D eigenvalue weighted by atomic mass is 79.9. The van der Waals surface area contributed by atoms with E-state index >= 15 is 0 Å². The van der Waals surface area contributed by atoms with E-state index in [1.54, 1.807) is 6.07 Å². The number of aldehydes is 1. The summed E-state index contributed by atoms with van der Waals surface area (Å²) in [4.78, 5) is 34.4. The number of aliphatic hydroxyl groups is 1. The first kappa shape index (κ1) is 22.7. The highest BCUT2D eigenvalue weighted by Gasteiger charge is 2.41. The van der Waals surface area contributed by atoms with Gasteiger partial charge in [-0.2, -0.15) is 0 Å². The molecule has 0 spiro atoms. The van der Waals surface area contributed by atoms with E-state index in [0.717, 1.165) is 43.3 Å². The van der Waals surface area contributed by atoms with Crippen LogP contribution in [0, 0.1) is 0 Å². The van der Waals surface area contributed by atoms with Crippen LogP contribution in [0.4, 0.5) is 11.4 Å². The second kappa shape index (κ2) is 7.90. The summed E-state index contributed by atoms with van der Waals surface area (Å²) in [6, 6.07) is 7.25. The topological polar surface area (TPSA) is 95.5 Å². The lowest BCUT2D eigenvalue weighted by Crippen LogP contribution is -2.27. The molecule has 0 saturated heterocycles. The lowest BCUT2D eigenvalue weighted by molar-refractivity contribution is -0.120. The Bertz CT molecular complexity index is 1080. The van der Waals surface area contributed by atoms with Crippen molar-refractivity contribution in [2.24, 2.45) is 0 Å². The minimum Gasteiger partial charge on any atom is -0.392 e. The standard InChI is InChI=1S/C11H12BrNO2.C11H10BrNO2/c2*1-11(2)9-6(5-14)3-7(12)4-8(9)13-10(11)15/h3-4,14H,5H2,1-2H3,(H,13,15);3-5H,1-2H3,(H,13,15). The van der Waals surface area contributed by atoms with Gasteiger partial charge in [0.25, 0.3) is 0 Å². The lowest BCUT2D eigenvalue weighted by atomic mass is 9.83. The van der Waals surface area contributed by atoms with Gasteiger partial charge < -0.3 is 15.7 Å². The summed E-state index contributed by atoms with van der Waals surface area (Å²) < 4.78 is 1.66. The SMILES string of the molecule is CC1(C)C(=O)Nc2cc(Br)cc(C=O)c21.CC1(C)C(=O)Nc2cc(Br)cc(CO)c21. The molecular formula is C22H22Br2N2O4. The Kier molecular flexibility index (Phi) is 5.97. The number of anilines is 2. The number of carbonyl (C=O) groups excluding carboxylic acids is 3. The Balaban J connectivity index is 0.000000171. The molecule has 0 aromatic heterocycles. The summed E-state index contributed by atoms with van der Waals surface area (Å²) in [7, 11) is 0.